The summed E-state index contributed by atoms with van der Waals surface area (Å²) in [5, 5.41) is 14.2. The third-order valence-electron chi connectivity index (χ3n) is 6.66. The maximum absolute atomic E-state index is 10.7. The van der Waals surface area contributed by atoms with Gasteiger partial charge in [0.05, 0.1) is 0 Å². The van der Waals surface area contributed by atoms with Crippen molar-refractivity contribution in [1.29, 1.82) is 0 Å². The number of allylic oxidation sites excluding steroid dienone is 1. The van der Waals surface area contributed by atoms with E-state index in [1.54, 1.807) is 0 Å². The number of nitrogens with one attached hydrogen (secondary N) is 1. The third-order valence-corrected chi connectivity index (χ3v) is 6.66. The smallest absolute Gasteiger partial charge is 0.123 e. The van der Waals surface area contributed by atoms with Crippen LogP contribution in [0, 0.1) is 5.41 Å². The highest BCUT2D eigenvalue weighted by molar-refractivity contribution is 5.86. The van der Waals surface area contributed by atoms with Crippen molar-refractivity contribution in [2.24, 2.45) is 5.41 Å². The van der Waals surface area contributed by atoms with Crippen LogP contribution >= 0.6 is 0 Å². The molecule has 1 aliphatic heterocycles. The zero-order chi connectivity index (χ0) is 22.4. The first kappa shape index (κ1) is 23.1. The normalized spacial score (nSPS) is 16.6. The van der Waals surface area contributed by atoms with E-state index in [4.69, 9.17) is 0 Å². The first-order valence-electron chi connectivity index (χ1n) is 11.9. The molecular weight excluding hydrogens is 380 g/mol. The summed E-state index contributed by atoms with van der Waals surface area (Å²) >= 11 is 0. The maximum Gasteiger partial charge on any atom is 0.123 e. The van der Waals surface area contributed by atoms with Gasteiger partial charge in [-0.15, -0.1) is 0 Å². The van der Waals surface area contributed by atoms with Gasteiger partial charge in [-0.05, 0) is 79.9 Å². The highest BCUT2D eigenvalue weighted by Crippen LogP contribution is 2.47. The zero-order valence-electron chi connectivity index (χ0n) is 19.7. The van der Waals surface area contributed by atoms with Crippen molar-refractivity contribution in [3.05, 3.63) is 77.4 Å². The van der Waals surface area contributed by atoms with Gasteiger partial charge in [-0.1, -0.05) is 62.9 Å². The number of hydrogen-bond acceptors (Lipinski definition) is 3. The molecule has 0 atom stereocenters. The summed E-state index contributed by atoms with van der Waals surface area (Å²) < 4.78 is 0. The van der Waals surface area contributed by atoms with Crippen LogP contribution in [-0.2, 0) is 6.42 Å². The SMILES string of the molecule is C=C(c1ccc(C2=CC3(CCNCC3)Cc3cccc(O)c32)cc1)N(CC)CC.CC. The van der Waals surface area contributed by atoms with Crippen LogP contribution in [0.1, 0.15) is 62.8 Å². The van der Waals surface area contributed by atoms with Crippen LogP contribution in [0.4, 0.5) is 0 Å². The van der Waals surface area contributed by atoms with Gasteiger partial charge in [-0.25, -0.2) is 0 Å². The average Bonchev–Trinajstić information content (AvgIpc) is 2.81. The predicted octanol–water partition coefficient (Wildman–Crippen LogP) is 6.09. The number of phenols is 1. The molecule has 2 aromatic carbocycles. The van der Waals surface area contributed by atoms with E-state index in [2.05, 4.69) is 67.1 Å². The van der Waals surface area contributed by atoms with Crippen LogP contribution in [0.25, 0.3) is 11.3 Å². The molecule has 3 heteroatoms. The van der Waals surface area contributed by atoms with Gasteiger partial charge in [0, 0.05) is 24.4 Å². The maximum atomic E-state index is 10.7. The van der Waals surface area contributed by atoms with Gasteiger partial charge in [0.1, 0.15) is 5.75 Å². The number of rotatable bonds is 5. The number of nitrogens with zero attached hydrogens (tertiary/aromatic N) is 1. The van der Waals surface area contributed by atoms with Gasteiger partial charge in [-0.2, -0.15) is 0 Å². The van der Waals surface area contributed by atoms with Crippen molar-refractivity contribution >= 4 is 11.3 Å². The number of piperidine rings is 1. The van der Waals surface area contributed by atoms with E-state index >= 15 is 0 Å². The molecule has 0 bridgehead atoms. The van der Waals surface area contributed by atoms with Crippen molar-refractivity contribution in [2.45, 2.75) is 47.0 Å². The average molecular weight is 419 g/mol. The lowest BCUT2D eigenvalue weighted by Gasteiger charge is -2.40. The fourth-order valence-corrected chi connectivity index (χ4v) is 4.96. The van der Waals surface area contributed by atoms with Crippen molar-refractivity contribution < 1.29 is 5.11 Å². The molecule has 0 unspecified atom stereocenters. The Hall–Kier alpha value is -2.52. The molecule has 1 heterocycles. The van der Waals surface area contributed by atoms with E-state index in [0.29, 0.717) is 5.75 Å². The van der Waals surface area contributed by atoms with Crippen LogP contribution in [0.3, 0.4) is 0 Å². The first-order valence-corrected chi connectivity index (χ1v) is 11.9. The minimum Gasteiger partial charge on any atom is -0.507 e. The summed E-state index contributed by atoms with van der Waals surface area (Å²) in [7, 11) is 0. The van der Waals surface area contributed by atoms with Crippen LogP contribution < -0.4 is 5.32 Å². The van der Waals surface area contributed by atoms with Gasteiger partial charge < -0.3 is 15.3 Å². The van der Waals surface area contributed by atoms with E-state index in [-0.39, 0.29) is 5.41 Å². The van der Waals surface area contributed by atoms with E-state index in [1.807, 2.05) is 26.0 Å². The van der Waals surface area contributed by atoms with Crippen LogP contribution in [-0.4, -0.2) is 36.2 Å². The predicted molar refractivity (Wildman–Crippen MR) is 133 cm³/mol. The number of phenolic OH excluding ortho intramolecular Hbond substituents is 1. The quantitative estimate of drug-likeness (QED) is 0.617. The molecule has 0 aromatic heterocycles. The summed E-state index contributed by atoms with van der Waals surface area (Å²) in [5.74, 6) is 0.383. The molecule has 0 radical (unpaired) electrons. The molecule has 31 heavy (non-hydrogen) atoms. The molecule has 0 saturated carbocycles. The zero-order valence-corrected chi connectivity index (χ0v) is 19.7. The lowest BCUT2D eigenvalue weighted by Crippen LogP contribution is -2.38. The molecule has 0 amide bonds. The van der Waals surface area contributed by atoms with Crippen LogP contribution in [0.2, 0.25) is 0 Å². The Morgan fingerprint density at radius 3 is 2.29 bits per heavy atom. The molecule has 2 N–H and O–H groups in total. The summed E-state index contributed by atoms with van der Waals surface area (Å²) in [4.78, 5) is 2.28. The molecular formula is C28H38N2O. The number of benzene rings is 2. The summed E-state index contributed by atoms with van der Waals surface area (Å²) in [6.45, 7) is 16.6. The lowest BCUT2D eigenvalue weighted by molar-refractivity contribution is 0.267. The second-order valence-corrected chi connectivity index (χ2v) is 8.35. The van der Waals surface area contributed by atoms with Gasteiger partial charge in [-0.3, -0.25) is 0 Å². The highest BCUT2D eigenvalue weighted by atomic mass is 16.3. The molecule has 2 aromatic rings. The molecule has 166 valence electrons. The van der Waals surface area contributed by atoms with E-state index in [0.717, 1.165) is 62.3 Å². The molecule has 3 nitrogen and oxygen atoms in total. The summed E-state index contributed by atoms with van der Waals surface area (Å²) in [6, 6.07) is 14.7. The standard InChI is InChI=1S/C26H32N2O.C2H6/c1-4-28(5-2)19(3)20-9-11-21(12-10-20)23-18-26(13-15-27-16-14-26)17-22-7-6-8-24(29)25(22)23;1-2/h6-12,18,27,29H,3-5,13-17H2,1-2H3;1-2H3. The monoisotopic (exact) mass is 418 g/mol. The van der Waals surface area contributed by atoms with Crippen molar-refractivity contribution in [1.82, 2.24) is 10.2 Å². The van der Waals surface area contributed by atoms with Crippen molar-refractivity contribution in [3.63, 3.8) is 0 Å². The minimum absolute atomic E-state index is 0.185. The van der Waals surface area contributed by atoms with Crippen LogP contribution in [0.5, 0.6) is 5.75 Å². The molecule has 4 rings (SSSR count). The van der Waals surface area contributed by atoms with Gasteiger partial charge in [0.2, 0.25) is 0 Å². The molecule has 1 fully saturated rings. The largest absolute Gasteiger partial charge is 0.507 e. The molecule has 1 aliphatic carbocycles. The Labute approximate surface area is 188 Å². The Kier molecular flexibility index (Phi) is 7.61. The second kappa shape index (κ2) is 10.2. The second-order valence-electron chi connectivity index (χ2n) is 8.35. The number of aromatic hydroxyl groups is 1. The highest BCUT2D eigenvalue weighted by Gasteiger charge is 2.36. The Morgan fingerprint density at radius 1 is 1.03 bits per heavy atom. The Morgan fingerprint density at radius 2 is 1.68 bits per heavy atom. The molecule has 2 aliphatic rings. The fourth-order valence-electron chi connectivity index (χ4n) is 4.96. The first-order chi connectivity index (χ1) is 15.1. The fraction of sp³-hybridized carbons (Fsp3) is 0.429. The van der Waals surface area contributed by atoms with E-state index in [1.165, 1.54) is 16.7 Å². The van der Waals surface area contributed by atoms with E-state index in [9.17, 15) is 5.11 Å². The molecule has 1 spiro atoms. The third kappa shape index (κ3) is 4.72. The van der Waals surface area contributed by atoms with Gasteiger partial charge >= 0.3 is 0 Å². The van der Waals surface area contributed by atoms with E-state index < -0.39 is 0 Å². The molecule has 1 saturated heterocycles. The minimum atomic E-state index is 0.185. The van der Waals surface area contributed by atoms with Gasteiger partial charge in [0.25, 0.3) is 0 Å². The van der Waals surface area contributed by atoms with Crippen molar-refractivity contribution in [2.75, 3.05) is 26.2 Å². The summed E-state index contributed by atoms with van der Waals surface area (Å²) in [6.07, 6.45) is 5.74. The number of fused-ring (bicyclic) bond motifs is 1. The Bertz CT molecular complexity index is 917. The topological polar surface area (TPSA) is 35.5 Å². The Balaban J connectivity index is 0.00000132. The van der Waals surface area contributed by atoms with Gasteiger partial charge in [0.15, 0.2) is 0 Å². The number of hydrogen-bond donors (Lipinski definition) is 2. The van der Waals surface area contributed by atoms with Crippen molar-refractivity contribution in [3.8, 4) is 5.75 Å². The summed E-state index contributed by atoms with van der Waals surface area (Å²) in [5.41, 5.74) is 7.02. The van der Waals surface area contributed by atoms with Crippen LogP contribution in [0.15, 0.2) is 55.1 Å². The lowest BCUT2D eigenvalue weighted by atomic mass is 9.67.